The number of ether oxygens (including phenoxy) is 1. The quantitative estimate of drug-likeness (QED) is 0.577. The van der Waals surface area contributed by atoms with Crippen molar-refractivity contribution in [3.05, 3.63) is 52.2 Å². The standard InChI is InChI=1S/C15H16O2S/c1-12-6-2-3-8-14(12)17-10-4-7-13(16)15-9-5-11-18-15/h2-3,5-6,8-9,11H,4,7,10H2,1H3. The Morgan fingerprint density at radius 3 is 2.78 bits per heavy atom. The number of benzene rings is 1. The molecule has 0 bridgehead atoms. The monoisotopic (exact) mass is 260 g/mol. The highest BCUT2D eigenvalue weighted by molar-refractivity contribution is 7.12. The number of carbonyl (C=O) groups is 1. The summed E-state index contributed by atoms with van der Waals surface area (Å²) >= 11 is 1.50. The van der Waals surface area contributed by atoms with E-state index in [-0.39, 0.29) is 5.78 Å². The van der Waals surface area contributed by atoms with Gasteiger partial charge >= 0.3 is 0 Å². The van der Waals surface area contributed by atoms with Gasteiger partial charge in [0.25, 0.3) is 0 Å². The molecule has 0 spiro atoms. The average Bonchev–Trinajstić information content (AvgIpc) is 2.90. The van der Waals surface area contributed by atoms with E-state index in [1.807, 2.05) is 48.7 Å². The number of carbonyl (C=O) groups excluding carboxylic acids is 1. The summed E-state index contributed by atoms with van der Waals surface area (Å²) in [7, 11) is 0. The Balaban J connectivity index is 1.74. The summed E-state index contributed by atoms with van der Waals surface area (Å²) in [5, 5.41) is 1.93. The van der Waals surface area contributed by atoms with Gasteiger partial charge in [-0.1, -0.05) is 24.3 Å². The average molecular weight is 260 g/mol. The second kappa shape index (κ2) is 6.36. The SMILES string of the molecule is Cc1ccccc1OCCCC(=O)c1cccs1. The summed E-state index contributed by atoms with van der Waals surface area (Å²) in [6.07, 6.45) is 1.30. The molecule has 0 N–H and O–H groups in total. The van der Waals surface area contributed by atoms with E-state index in [2.05, 4.69) is 0 Å². The van der Waals surface area contributed by atoms with Crippen LogP contribution in [0.4, 0.5) is 0 Å². The van der Waals surface area contributed by atoms with Crippen molar-refractivity contribution in [2.45, 2.75) is 19.8 Å². The third-order valence-corrected chi connectivity index (χ3v) is 3.61. The fourth-order valence-electron chi connectivity index (χ4n) is 1.69. The number of thiophene rings is 1. The molecule has 0 radical (unpaired) electrons. The summed E-state index contributed by atoms with van der Waals surface area (Å²) < 4.78 is 5.66. The second-order valence-corrected chi connectivity index (χ2v) is 5.07. The minimum atomic E-state index is 0.207. The molecule has 18 heavy (non-hydrogen) atoms. The number of aryl methyl sites for hydroxylation is 1. The van der Waals surface area contributed by atoms with Crippen molar-refractivity contribution in [2.24, 2.45) is 0 Å². The fraction of sp³-hybridized carbons (Fsp3) is 0.267. The number of Topliss-reactive ketones (excluding diaryl/α,β-unsaturated/α-hetero) is 1. The van der Waals surface area contributed by atoms with Crippen LogP contribution in [-0.2, 0) is 0 Å². The summed E-state index contributed by atoms with van der Waals surface area (Å²) in [6, 6.07) is 11.7. The third-order valence-electron chi connectivity index (χ3n) is 2.70. The van der Waals surface area contributed by atoms with Crippen LogP contribution in [0.1, 0.15) is 28.1 Å². The van der Waals surface area contributed by atoms with Crippen molar-refractivity contribution in [3.8, 4) is 5.75 Å². The highest BCUT2D eigenvalue weighted by atomic mass is 32.1. The zero-order valence-corrected chi connectivity index (χ0v) is 11.2. The molecule has 0 atom stereocenters. The number of hydrogen-bond donors (Lipinski definition) is 0. The first-order valence-electron chi connectivity index (χ1n) is 6.02. The molecule has 2 rings (SSSR count). The number of hydrogen-bond acceptors (Lipinski definition) is 3. The van der Waals surface area contributed by atoms with Crippen molar-refractivity contribution in [2.75, 3.05) is 6.61 Å². The summed E-state index contributed by atoms with van der Waals surface area (Å²) in [6.45, 7) is 2.61. The Bertz CT molecular complexity index is 503. The van der Waals surface area contributed by atoms with Gasteiger partial charge < -0.3 is 4.74 Å². The molecule has 0 amide bonds. The predicted octanol–water partition coefficient (Wildman–Crippen LogP) is 4.10. The lowest BCUT2D eigenvalue weighted by Crippen LogP contribution is -2.03. The summed E-state index contributed by atoms with van der Waals surface area (Å²) in [5.41, 5.74) is 1.13. The van der Waals surface area contributed by atoms with Crippen LogP contribution in [-0.4, -0.2) is 12.4 Å². The smallest absolute Gasteiger partial charge is 0.172 e. The van der Waals surface area contributed by atoms with Gasteiger partial charge in [-0.25, -0.2) is 0 Å². The van der Waals surface area contributed by atoms with Gasteiger partial charge in [0.05, 0.1) is 11.5 Å². The number of ketones is 1. The van der Waals surface area contributed by atoms with Gasteiger partial charge in [0, 0.05) is 6.42 Å². The van der Waals surface area contributed by atoms with E-state index in [1.165, 1.54) is 11.3 Å². The largest absolute Gasteiger partial charge is 0.493 e. The molecule has 1 aromatic heterocycles. The van der Waals surface area contributed by atoms with E-state index in [1.54, 1.807) is 0 Å². The van der Waals surface area contributed by atoms with E-state index >= 15 is 0 Å². The minimum Gasteiger partial charge on any atom is -0.493 e. The van der Waals surface area contributed by atoms with Crippen LogP contribution in [0.15, 0.2) is 41.8 Å². The van der Waals surface area contributed by atoms with E-state index in [4.69, 9.17) is 4.74 Å². The molecule has 2 aromatic rings. The van der Waals surface area contributed by atoms with E-state index in [0.717, 1.165) is 22.6 Å². The first-order chi connectivity index (χ1) is 8.77. The van der Waals surface area contributed by atoms with Gasteiger partial charge in [0.1, 0.15) is 5.75 Å². The summed E-state index contributed by atoms with van der Waals surface area (Å²) in [4.78, 5) is 12.6. The van der Waals surface area contributed by atoms with E-state index < -0.39 is 0 Å². The lowest BCUT2D eigenvalue weighted by atomic mass is 10.2. The molecular formula is C15H16O2S. The van der Waals surface area contributed by atoms with Crippen LogP contribution < -0.4 is 4.74 Å². The van der Waals surface area contributed by atoms with Gasteiger partial charge in [0.15, 0.2) is 5.78 Å². The lowest BCUT2D eigenvalue weighted by Gasteiger charge is -2.07. The third kappa shape index (κ3) is 3.44. The van der Waals surface area contributed by atoms with Crippen molar-refractivity contribution >= 4 is 17.1 Å². The minimum absolute atomic E-state index is 0.207. The molecule has 1 heterocycles. The highest BCUT2D eigenvalue weighted by Gasteiger charge is 2.06. The first kappa shape index (κ1) is 12.8. The van der Waals surface area contributed by atoms with Crippen LogP contribution in [0.25, 0.3) is 0 Å². The Hall–Kier alpha value is -1.61. The summed E-state index contributed by atoms with van der Waals surface area (Å²) in [5.74, 6) is 1.11. The Morgan fingerprint density at radius 2 is 2.06 bits per heavy atom. The zero-order chi connectivity index (χ0) is 12.8. The van der Waals surface area contributed by atoms with Crippen LogP contribution in [0, 0.1) is 6.92 Å². The lowest BCUT2D eigenvalue weighted by molar-refractivity contribution is 0.0977. The van der Waals surface area contributed by atoms with Crippen molar-refractivity contribution in [1.82, 2.24) is 0 Å². The first-order valence-corrected chi connectivity index (χ1v) is 6.90. The van der Waals surface area contributed by atoms with Crippen LogP contribution in [0.5, 0.6) is 5.75 Å². The molecule has 0 unspecified atom stereocenters. The molecule has 3 heteroatoms. The molecule has 0 saturated heterocycles. The van der Waals surface area contributed by atoms with Gasteiger partial charge in [-0.3, -0.25) is 4.79 Å². The molecule has 2 nitrogen and oxygen atoms in total. The number of rotatable bonds is 6. The van der Waals surface area contributed by atoms with Crippen molar-refractivity contribution in [3.63, 3.8) is 0 Å². The maximum absolute atomic E-state index is 11.7. The predicted molar refractivity (Wildman–Crippen MR) is 74.6 cm³/mol. The molecule has 0 aliphatic heterocycles. The molecule has 0 aliphatic carbocycles. The van der Waals surface area contributed by atoms with E-state index in [0.29, 0.717) is 13.0 Å². The topological polar surface area (TPSA) is 26.3 Å². The van der Waals surface area contributed by atoms with Crippen LogP contribution >= 0.6 is 11.3 Å². The maximum Gasteiger partial charge on any atom is 0.172 e. The van der Waals surface area contributed by atoms with Gasteiger partial charge in [-0.15, -0.1) is 11.3 Å². The van der Waals surface area contributed by atoms with Gasteiger partial charge in [-0.05, 0) is 36.4 Å². The van der Waals surface area contributed by atoms with Gasteiger partial charge in [0.2, 0.25) is 0 Å². The molecule has 1 aromatic carbocycles. The second-order valence-electron chi connectivity index (χ2n) is 4.12. The molecular weight excluding hydrogens is 244 g/mol. The van der Waals surface area contributed by atoms with Crippen LogP contribution in [0.2, 0.25) is 0 Å². The maximum atomic E-state index is 11.7. The highest BCUT2D eigenvalue weighted by Crippen LogP contribution is 2.17. The number of para-hydroxylation sites is 1. The fourth-order valence-corrected chi connectivity index (χ4v) is 2.39. The molecule has 0 saturated carbocycles. The molecule has 0 fully saturated rings. The Labute approximate surface area is 111 Å². The molecule has 94 valence electrons. The van der Waals surface area contributed by atoms with E-state index in [9.17, 15) is 4.79 Å². The van der Waals surface area contributed by atoms with Crippen molar-refractivity contribution in [1.29, 1.82) is 0 Å². The zero-order valence-electron chi connectivity index (χ0n) is 10.4. The molecule has 0 aliphatic rings. The van der Waals surface area contributed by atoms with Crippen LogP contribution in [0.3, 0.4) is 0 Å². The Morgan fingerprint density at radius 1 is 1.22 bits per heavy atom. The Kier molecular flexibility index (Phi) is 4.53. The van der Waals surface area contributed by atoms with Crippen molar-refractivity contribution < 1.29 is 9.53 Å². The van der Waals surface area contributed by atoms with Gasteiger partial charge in [-0.2, -0.15) is 0 Å². The normalized spacial score (nSPS) is 10.3.